The third-order valence-corrected chi connectivity index (χ3v) is 7.21. The highest BCUT2D eigenvalue weighted by Gasteiger charge is 2.17. The smallest absolute Gasteiger partial charge is 0.253 e. The topological polar surface area (TPSA) is 69.8 Å². The minimum absolute atomic E-state index is 0.117. The molecule has 8 heteroatoms. The van der Waals surface area contributed by atoms with Gasteiger partial charge in [-0.1, -0.05) is 43.7 Å². The summed E-state index contributed by atoms with van der Waals surface area (Å²) in [4.78, 5) is 20.6. The van der Waals surface area contributed by atoms with E-state index in [-0.39, 0.29) is 5.56 Å². The Kier molecular flexibility index (Phi) is 9.41. The second kappa shape index (κ2) is 12.9. The standard InChI is InChI=1S/C29H38N4O3S/c1-4-32(5-2)12-7-11-30-29(37)33(13-10-22-9-6-8-21(3)16-22)20-24-17-23-18-26-27(36-15-14-35-26)19-25(23)31-28(24)34/h6,8-9,16-19H,4-5,7,10-15,20H2,1-3H3,(H,30,37)(H,31,34). The maximum atomic E-state index is 13.1. The molecule has 0 bridgehead atoms. The van der Waals surface area contributed by atoms with E-state index in [4.69, 9.17) is 21.7 Å². The highest BCUT2D eigenvalue weighted by atomic mass is 32.1. The Labute approximate surface area is 224 Å². The number of fused-ring (bicyclic) bond motifs is 2. The number of hydrogen-bond acceptors (Lipinski definition) is 5. The first-order valence-electron chi connectivity index (χ1n) is 13.2. The molecule has 0 atom stereocenters. The fourth-order valence-corrected chi connectivity index (χ4v) is 4.90. The predicted molar refractivity (Wildman–Crippen MR) is 154 cm³/mol. The van der Waals surface area contributed by atoms with Crippen molar-refractivity contribution in [1.29, 1.82) is 0 Å². The van der Waals surface area contributed by atoms with Crippen LogP contribution in [0.15, 0.2) is 47.3 Å². The molecule has 4 rings (SSSR count). The molecule has 198 valence electrons. The molecule has 1 aromatic heterocycles. The Hall–Kier alpha value is -3.10. The number of pyridine rings is 1. The molecule has 37 heavy (non-hydrogen) atoms. The molecule has 0 spiro atoms. The lowest BCUT2D eigenvalue weighted by molar-refractivity contribution is 0.172. The van der Waals surface area contributed by atoms with Crippen LogP contribution in [0.5, 0.6) is 11.5 Å². The van der Waals surface area contributed by atoms with Crippen molar-refractivity contribution in [3.63, 3.8) is 0 Å². The van der Waals surface area contributed by atoms with Crippen molar-refractivity contribution < 1.29 is 9.47 Å². The Morgan fingerprint density at radius 3 is 2.54 bits per heavy atom. The number of nitrogens with one attached hydrogen (secondary N) is 2. The van der Waals surface area contributed by atoms with Crippen molar-refractivity contribution >= 4 is 28.2 Å². The molecule has 1 aliphatic heterocycles. The van der Waals surface area contributed by atoms with E-state index in [9.17, 15) is 4.79 Å². The van der Waals surface area contributed by atoms with E-state index < -0.39 is 0 Å². The van der Waals surface area contributed by atoms with E-state index >= 15 is 0 Å². The van der Waals surface area contributed by atoms with Crippen LogP contribution in [-0.4, -0.2) is 65.8 Å². The summed E-state index contributed by atoms with van der Waals surface area (Å²) in [5.74, 6) is 1.37. The first-order chi connectivity index (χ1) is 18.0. The van der Waals surface area contributed by atoms with Gasteiger partial charge in [-0.15, -0.1) is 0 Å². The number of aromatic amines is 1. The molecule has 2 N–H and O–H groups in total. The van der Waals surface area contributed by atoms with Crippen molar-refractivity contribution in [2.45, 2.75) is 40.2 Å². The van der Waals surface area contributed by atoms with Gasteiger partial charge in [0.25, 0.3) is 5.56 Å². The summed E-state index contributed by atoms with van der Waals surface area (Å²) in [6.07, 6.45) is 1.85. The van der Waals surface area contributed by atoms with E-state index in [0.29, 0.717) is 48.5 Å². The molecule has 0 saturated heterocycles. The number of H-pyrrole nitrogens is 1. The Morgan fingerprint density at radius 2 is 1.81 bits per heavy atom. The number of benzene rings is 2. The SMILES string of the molecule is CCN(CC)CCCNC(=S)N(CCc1cccc(C)c1)Cc1cc2cc3c(cc2[nH]c1=O)OCCO3. The van der Waals surface area contributed by atoms with Crippen molar-refractivity contribution in [3.8, 4) is 11.5 Å². The average molecular weight is 523 g/mol. The molecule has 1 aliphatic rings. The van der Waals surface area contributed by atoms with Gasteiger partial charge in [-0.25, -0.2) is 0 Å². The van der Waals surface area contributed by atoms with Gasteiger partial charge in [0, 0.05) is 30.1 Å². The number of nitrogens with zero attached hydrogens (tertiary/aromatic N) is 2. The third-order valence-electron chi connectivity index (χ3n) is 6.81. The summed E-state index contributed by atoms with van der Waals surface area (Å²) in [6.45, 7) is 12.6. The molecule has 0 amide bonds. The maximum absolute atomic E-state index is 13.1. The van der Waals surface area contributed by atoms with Crippen LogP contribution in [0.4, 0.5) is 0 Å². The molecule has 7 nitrogen and oxygen atoms in total. The number of hydrogen-bond donors (Lipinski definition) is 2. The van der Waals surface area contributed by atoms with Gasteiger partial charge in [0.2, 0.25) is 0 Å². The van der Waals surface area contributed by atoms with E-state index in [0.717, 1.165) is 49.9 Å². The fraction of sp³-hybridized carbons (Fsp3) is 0.448. The largest absolute Gasteiger partial charge is 0.486 e. The van der Waals surface area contributed by atoms with Crippen molar-refractivity contribution in [3.05, 3.63) is 69.5 Å². The van der Waals surface area contributed by atoms with Gasteiger partial charge in [0.15, 0.2) is 16.6 Å². The van der Waals surface area contributed by atoms with E-state index in [1.54, 1.807) is 0 Å². The van der Waals surface area contributed by atoms with Crippen LogP contribution in [0, 0.1) is 6.92 Å². The molecule has 0 aliphatic carbocycles. The summed E-state index contributed by atoms with van der Waals surface area (Å²) < 4.78 is 11.4. The number of thiocarbonyl (C=S) groups is 1. The maximum Gasteiger partial charge on any atom is 0.253 e. The molecule has 0 fully saturated rings. The molecule has 3 aromatic rings. The first-order valence-corrected chi connectivity index (χ1v) is 13.6. The normalized spacial score (nSPS) is 12.6. The van der Waals surface area contributed by atoms with Crippen LogP contribution in [0.25, 0.3) is 10.9 Å². The monoisotopic (exact) mass is 522 g/mol. The van der Waals surface area contributed by atoms with Gasteiger partial charge in [-0.3, -0.25) is 4.79 Å². The van der Waals surface area contributed by atoms with Crippen LogP contribution in [0.1, 0.15) is 37.0 Å². The van der Waals surface area contributed by atoms with E-state index in [1.807, 2.05) is 18.2 Å². The highest BCUT2D eigenvalue weighted by molar-refractivity contribution is 7.80. The molecule has 0 radical (unpaired) electrons. The van der Waals surface area contributed by atoms with Crippen LogP contribution in [-0.2, 0) is 13.0 Å². The third kappa shape index (κ3) is 7.23. The summed E-state index contributed by atoms with van der Waals surface area (Å²) in [6, 6.07) is 14.2. The quantitative estimate of drug-likeness (QED) is 0.288. The first kappa shape index (κ1) is 26.9. The molecule has 0 saturated carbocycles. The Balaban J connectivity index is 1.50. The average Bonchev–Trinajstić information content (AvgIpc) is 2.90. The minimum atomic E-state index is -0.117. The van der Waals surface area contributed by atoms with Crippen LogP contribution >= 0.6 is 12.2 Å². The lowest BCUT2D eigenvalue weighted by Crippen LogP contribution is -2.42. The molecular weight excluding hydrogens is 484 g/mol. The number of ether oxygens (including phenoxy) is 2. The second-order valence-corrected chi connectivity index (χ2v) is 9.87. The Morgan fingerprint density at radius 1 is 1.05 bits per heavy atom. The van der Waals surface area contributed by atoms with Gasteiger partial charge in [-0.05, 0) is 69.3 Å². The zero-order valence-corrected chi connectivity index (χ0v) is 23.0. The lowest BCUT2D eigenvalue weighted by atomic mass is 10.1. The highest BCUT2D eigenvalue weighted by Crippen LogP contribution is 2.33. The second-order valence-electron chi connectivity index (χ2n) is 9.48. The van der Waals surface area contributed by atoms with Gasteiger partial charge in [-0.2, -0.15) is 0 Å². The Bertz CT molecular complexity index is 1270. The van der Waals surface area contributed by atoms with Crippen molar-refractivity contribution in [1.82, 2.24) is 20.1 Å². The molecule has 2 aromatic carbocycles. The lowest BCUT2D eigenvalue weighted by Gasteiger charge is -2.27. The van der Waals surface area contributed by atoms with Gasteiger partial charge >= 0.3 is 0 Å². The molecular formula is C29H38N4O3S. The van der Waals surface area contributed by atoms with Crippen LogP contribution < -0.4 is 20.3 Å². The van der Waals surface area contributed by atoms with E-state index in [2.05, 4.69) is 65.1 Å². The molecule has 0 unspecified atom stereocenters. The van der Waals surface area contributed by atoms with E-state index in [1.165, 1.54) is 11.1 Å². The number of aromatic nitrogens is 1. The van der Waals surface area contributed by atoms with Crippen LogP contribution in [0.3, 0.4) is 0 Å². The summed E-state index contributed by atoms with van der Waals surface area (Å²) in [7, 11) is 0. The molecule has 2 heterocycles. The zero-order valence-electron chi connectivity index (χ0n) is 22.1. The number of aryl methyl sites for hydroxylation is 1. The fourth-order valence-electron chi connectivity index (χ4n) is 4.64. The number of rotatable bonds is 11. The van der Waals surface area contributed by atoms with Gasteiger partial charge < -0.3 is 29.6 Å². The minimum Gasteiger partial charge on any atom is -0.486 e. The van der Waals surface area contributed by atoms with Crippen molar-refractivity contribution in [2.24, 2.45) is 0 Å². The predicted octanol–water partition coefficient (Wildman–Crippen LogP) is 4.26. The zero-order chi connectivity index (χ0) is 26.2. The summed E-state index contributed by atoms with van der Waals surface area (Å²) in [5.41, 5.74) is 3.78. The van der Waals surface area contributed by atoms with Gasteiger partial charge in [0.05, 0.1) is 12.1 Å². The summed E-state index contributed by atoms with van der Waals surface area (Å²) in [5, 5.41) is 5.02. The van der Waals surface area contributed by atoms with Crippen LogP contribution in [0.2, 0.25) is 0 Å². The van der Waals surface area contributed by atoms with Gasteiger partial charge in [0.1, 0.15) is 13.2 Å². The van der Waals surface area contributed by atoms with Crippen molar-refractivity contribution in [2.75, 3.05) is 45.9 Å². The summed E-state index contributed by atoms with van der Waals surface area (Å²) >= 11 is 5.82.